The van der Waals surface area contributed by atoms with Gasteiger partial charge >= 0.3 is 5.97 Å². The molecule has 0 aromatic carbocycles. The van der Waals surface area contributed by atoms with Gasteiger partial charge in [0.1, 0.15) is 15.3 Å². The first-order valence-electron chi connectivity index (χ1n) is 4.28. The molecule has 1 N–H and O–H groups in total. The number of amides is 1. The van der Waals surface area contributed by atoms with Crippen LogP contribution in [0.2, 0.25) is 5.02 Å². The van der Waals surface area contributed by atoms with Crippen LogP contribution in [-0.2, 0) is 9.53 Å². The topological polar surface area (TPSA) is 68.3 Å². The Kier molecular flexibility index (Phi) is 4.41. The molecule has 0 fully saturated rings. The quantitative estimate of drug-likeness (QED) is 0.669. The van der Waals surface area contributed by atoms with Gasteiger partial charge in [0, 0.05) is 6.92 Å². The Hall–Kier alpha value is -1.21. The van der Waals surface area contributed by atoms with E-state index in [0.717, 1.165) is 7.11 Å². The van der Waals surface area contributed by atoms with Gasteiger partial charge in [-0.05, 0) is 15.9 Å². The molecule has 1 aromatic rings. The van der Waals surface area contributed by atoms with Gasteiger partial charge in [-0.25, -0.2) is 14.2 Å². The third-order valence-corrected chi connectivity index (χ3v) is 2.61. The second kappa shape index (κ2) is 5.42. The van der Waals surface area contributed by atoms with Crippen LogP contribution in [0.5, 0.6) is 0 Å². The number of rotatable bonds is 2. The van der Waals surface area contributed by atoms with Gasteiger partial charge in [0.15, 0.2) is 11.5 Å². The zero-order chi connectivity index (χ0) is 13.2. The monoisotopic (exact) mass is 324 g/mol. The van der Waals surface area contributed by atoms with Crippen LogP contribution in [0.25, 0.3) is 0 Å². The molecule has 0 spiro atoms. The molecule has 0 aliphatic rings. The summed E-state index contributed by atoms with van der Waals surface area (Å²) < 4.78 is 17.8. The smallest absolute Gasteiger partial charge is 0.358 e. The Balaban J connectivity index is 3.42. The Morgan fingerprint density at radius 1 is 1.53 bits per heavy atom. The molecule has 0 aliphatic heterocycles. The van der Waals surface area contributed by atoms with Gasteiger partial charge in [-0.2, -0.15) is 0 Å². The lowest BCUT2D eigenvalue weighted by molar-refractivity contribution is -0.114. The molecule has 8 heteroatoms. The molecule has 1 heterocycles. The summed E-state index contributed by atoms with van der Waals surface area (Å²) in [6, 6.07) is 0. The number of hydrogen-bond acceptors (Lipinski definition) is 4. The van der Waals surface area contributed by atoms with Crippen molar-refractivity contribution in [2.24, 2.45) is 0 Å². The van der Waals surface area contributed by atoms with Crippen LogP contribution in [0.4, 0.5) is 10.1 Å². The van der Waals surface area contributed by atoms with Crippen LogP contribution in [0.1, 0.15) is 17.4 Å². The highest BCUT2D eigenvalue weighted by Crippen LogP contribution is 2.32. The zero-order valence-electron chi connectivity index (χ0n) is 8.81. The van der Waals surface area contributed by atoms with Gasteiger partial charge in [0.05, 0.1) is 7.11 Å². The number of nitrogens with zero attached hydrogens (tertiary/aromatic N) is 1. The first kappa shape index (κ1) is 13.9. The summed E-state index contributed by atoms with van der Waals surface area (Å²) in [5.74, 6) is -2.22. The second-order valence-corrected chi connectivity index (χ2v) is 4.06. The number of aromatic nitrogens is 1. The second-order valence-electron chi connectivity index (χ2n) is 2.93. The summed E-state index contributed by atoms with van der Waals surface area (Å²) in [7, 11) is 1.13. The van der Waals surface area contributed by atoms with Gasteiger partial charge in [-0.3, -0.25) is 4.79 Å². The van der Waals surface area contributed by atoms with Crippen molar-refractivity contribution in [3.63, 3.8) is 0 Å². The summed E-state index contributed by atoms with van der Waals surface area (Å²) >= 11 is 8.58. The number of carbonyl (C=O) groups is 2. The molecular weight excluding hydrogens is 318 g/mol. The number of anilines is 1. The average Bonchev–Trinajstić information content (AvgIpc) is 2.28. The van der Waals surface area contributed by atoms with E-state index in [1.54, 1.807) is 0 Å². The third-order valence-electron chi connectivity index (χ3n) is 1.72. The third kappa shape index (κ3) is 2.92. The molecule has 92 valence electrons. The summed E-state index contributed by atoms with van der Waals surface area (Å²) in [4.78, 5) is 25.8. The number of halogens is 3. The fourth-order valence-corrected chi connectivity index (χ4v) is 1.66. The number of pyridine rings is 1. The van der Waals surface area contributed by atoms with Crippen LogP contribution in [0.3, 0.4) is 0 Å². The Morgan fingerprint density at radius 3 is 2.59 bits per heavy atom. The molecule has 0 radical (unpaired) electrons. The van der Waals surface area contributed by atoms with E-state index in [2.05, 4.69) is 31.0 Å². The average molecular weight is 326 g/mol. The van der Waals surface area contributed by atoms with Crippen molar-refractivity contribution in [2.45, 2.75) is 6.92 Å². The maximum Gasteiger partial charge on any atom is 0.358 e. The van der Waals surface area contributed by atoms with Gasteiger partial charge in [-0.15, -0.1) is 0 Å². The molecule has 0 saturated carbocycles. The molecule has 0 unspecified atom stereocenters. The minimum Gasteiger partial charge on any atom is -0.464 e. The minimum absolute atomic E-state index is 0.244. The van der Waals surface area contributed by atoms with E-state index in [-0.39, 0.29) is 21.0 Å². The van der Waals surface area contributed by atoms with E-state index in [0.29, 0.717) is 0 Å². The first-order valence-corrected chi connectivity index (χ1v) is 5.46. The molecule has 0 atom stereocenters. The van der Waals surface area contributed by atoms with E-state index in [1.807, 2.05) is 0 Å². The van der Waals surface area contributed by atoms with Crippen LogP contribution < -0.4 is 5.32 Å². The van der Waals surface area contributed by atoms with Crippen LogP contribution in [0, 0.1) is 5.82 Å². The largest absolute Gasteiger partial charge is 0.464 e. The molecule has 0 saturated heterocycles. The molecule has 0 aliphatic carbocycles. The predicted molar refractivity (Wildman–Crippen MR) is 62.5 cm³/mol. The van der Waals surface area contributed by atoms with Crippen molar-refractivity contribution in [3.8, 4) is 0 Å². The Morgan fingerprint density at radius 2 is 2.12 bits per heavy atom. The number of esters is 1. The molecular formula is C9H7BrClFN2O3. The number of carbonyl (C=O) groups excluding carboxylic acids is 2. The molecule has 1 rings (SSSR count). The number of hydrogen-bond donors (Lipinski definition) is 1. The highest BCUT2D eigenvalue weighted by Gasteiger charge is 2.23. The fourth-order valence-electron chi connectivity index (χ4n) is 1.03. The Labute approximate surface area is 109 Å². The van der Waals surface area contributed by atoms with Crippen molar-refractivity contribution in [1.29, 1.82) is 0 Å². The maximum atomic E-state index is 13.6. The summed E-state index contributed by atoms with van der Waals surface area (Å²) in [6.45, 7) is 1.18. The molecule has 0 bridgehead atoms. The number of nitrogens with one attached hydrogen (secondary N) is 1. The van der Waals surface area contributed by atoms with E-state index in [4.69, 9.17) is 11.6 Å². The highest BCUT2D eigenvalue weighted by molar-refractivity contribution is 9.10. The van der Waals surface area contributed by atoms with Gasteiger partial charge in [-0.1, -0.05) is 11.6 Å². The van der Waals surface area contributed by atoms with Crippen molar-refractivity contribution in [2.75, 3.05) is 12.4 Å². The van der Waals surface area contributed by atoms with Gasteiger partial charge < -0.3 is 10.1 Å². The summed E-state index contributed by atoms with van der Waals surface area (Å²) in [5, 5.41) is 1.87. The molecule has 5 nitrogen and oxygen atoms in total. The van der Waals surface area contributed by atoms with Gasteiger partial charge in [0.2, 0.25) is 5.91 Å². The minimum atomic E-state index is -0.863. The number of methoxy groups -OCH3 is 1. The normalized spacial score (nSPS) is 9.94. The van der Waals surface area contributed by atoms with E-state index in [9.17, 15) is 14.0 Å². The lowest BCUT2D eigenvalue weighted by Crippen LogP contribution is -2.13. The predicted octanol–water partition coefficient (Wildman–Crippen LogP) is 2.38. The zero-order valence-corrected chi connectivity index (χ0v) is 11.1. The van der Waals surface area contributed by atoms with Crippen LogP contribution >= 0.6 is 27.5 Å². The summed E-state index contributed by atoms with van der Waals surface area (Å²) in [5.41, 5.74) is -0.604. The number of ether oxygens (including phenoxy) is 1. The van der Waals surface area contributed by atoms with Crippen LogP contribution in [-0.4, -0.2) is 24.0 Å². The van der Waals surface area contributed by atoms with Crippen LogP contribution in [0.15, 0.2) is 4.60 Å². The SMILES string of the molecule is COC(=O)c1nc(Br)c(F)c(NC(C)=O)c1Cl. The maximum absolute atomic E-state index is 13.6. The molecule has 1 aromatic heterocycles. The molecule has 17 heavy (non-hydrogen) atoms. The lowest BCUT2D eigenvalue weighted by Gasteiger charge is -2.10. The van der Waals surface area contributed by atoms with Crippen molar-refractivity contribution < 1.29 is 18.7 Å². The highest BCUT2D eigenvalue weighted by atomic mass is 79.9. The molecule has 1 amide bonds. The van der Waals surface area contributed by atoms with Crippen molar-refractivity contribution >= 4 is 45.1 Å². The lowest BCUT2D eigenvalue weighted by atomic mass is 10.3. The van der Waals surface area contributed by atoms with Gasteiger partial charge in [0.25, 0.3) is 0 Å². The standard InChI is InChI=1S/C9H7BrClFN2O3/c1-3(15)13-6-4(11)7(9(16)17-2)14-8(10)5(6)12/h1-2H3,(H,13,14,15). The Bertz CT molecular complexity index is 496. The van der Waals surface area contributed by atoms with E-state index >= 15 is 0 Å². The van der Waals surface area contributed by atoms with E-state index < -0.39 is 17.7 Å². The summed E-state index contributed by atoms with van der Waals surface area (Å²) in [6.07, 6.45) is 0. The van der Waals surface area contributed by atoms with Crippen molar-refractivity contribution in [1.82, 2.24) is 4.98 Å². The van der Waals surface area contributed by atoms with E-state index in [1.165, 1.54) is 6.92 Å². The fraction of sp³-hybridized carbons (Fsp3) is 0.222. The van der Waals surface area contributed by atoms with Crippen molar-refractivity contribution in [3.05, 3.63) is 21.1 Å². The first-order chi connectivity index (χ1) is 7.88.